The van der Waals surface area contributed by atoms with Crippen LogP contribution in [-0.2, 0) is 14.4 Å². The highest BCUT2D eigenvalue weighted by Crippen LogP contribution is 2.37. The summed E-state index contributed by atoms with van der Waals surface area (Å²) in [5.74, 6) is -1.56. The second-order valence-electron chi connectivity index (χ2n) is 7.65. The number of carbonyl (C=O) groups is 3. The van der Waals surface area contributed by atoms with Gasteiger partial charge in [0.1, 0.15) is 5.25 Å². The third-order valence-electron chi connectivity index (χ3n) is 5.10. The first-order valence-corrected chi connectivity index (χ1v) is 11.6. The van der Waals surface area contributed by atoms with E-state index in [4.69, 9.17) is 5.11 Å². The van der Waals surface area contributed by atoms with Crippen LogP contribution in [-0.4, -0.2) is 27.9 Å². The zero-order valence-electron chi connectivity index (χ0n) is 18.2. The van der Waals surface area contributed by atoms with Crippen LogP contribution in [0.15, 0.2) is 90.0 Å². The average molecular weight is 474 g/mol. The van der Waals surface area contributed by atoms with Gasteiger partial charge in [-0.15, -0.1) is 11.8 Å². The minimum absolute atomic E-state index is 0.104. The quantitative estimate of drug-likeness (QED) is 0.242. The first kappa shape index (κ1) is 23.1. The average Bonchev–Trinajstić information content (AvgIpc) is 3.30. The zero-order valence-corrected chi connectivity index (χ0v) is 19.0. The predicted octanol–water partition coefficient (Wildman–Crippen LogP) is 5.44. The third-order valence-corrected chi connectivity index (χ3v) is 6.35. The molecule has 0 bridgehead atoms. The maximum atomic E-state index is 13.3. The van der Waals surface area contributed by atoms with Gasteiger partial charge in [0.25, 0.3) is 0 Å². The molecule has 1 heterocycles. The number of aromatic amines is 1. The number of aliphatic carboxylic acids is 1. The second-order valence-corrected chi connectivity index (χ2v) is 8.83. The molecule has 8 heteroatoms. The third kappa shape index (κ3) is 6.05. The molecule has 0 spiro atoms. The first-order valence-electron chi connectivity index (χ1n) is 10.7. The monoisotopic (exact) mass is 473 g/mol. The molecule has 0 radical (unpaired) electrons. The Balaban J connectivity index is 1.52. The van der Waals surface area contributed by atoms with Gasteiger partial charge in [0, 0.05) is 34.4 Å². The largest absolute Gasteiger partial charge is 0.481 e. The standard InChI is InChI=1S/C26H23N3O4S/c30-23(11-12-24(31)32)28-19-7-4-8-21(15-19)34-25(18-5-2-1-3-6-18)26(33)29-20-10-9-17-13-14-27-22(17)16-20/h1-10,13-16,25,27H,11-12H2,(H,28,30)(H,29,33)(H,31,32). The lowest BCUT2D eigenvalue weighted by atomic mass is 10.1. The fraction of sp³-hybridized carbons (Fsp3) is 0.115. The Kier molecular flexibility index (Phi) is 7.29. The van der Waals surface area contributed by atoms with Crippen molar-refractivity contribution < 1.29 is 19.5 Å². The van der Waals surface area contributed by atoms with E-state index in [0.29, 0.717) is 11.4 Å². The van der Waals surface area contributed by atoms with E-state index in [0.717, 1.165) is 21.4 Å². The molecule has 7 nitrogen and oxygen atoms in total. The summed E-state index contributed by atoms with van der Waals surface area (Å²) in [6, 6.07) is 24.3. The Hall–Kier alpha value is -4.04. The van der Waals surface area contributed by atoms with Gasteiger partial charge in [0.15, 0.2) is 0 Å². The van der Waals surface area contributed by atoms with Crippen molar-refractivity contribution in [3.63, 3.8) is 0 Å². The molecule has 172 valence electrons. The highest BCUT2D eigenvalue weighted by Gasteiger charge is 2.22. The second kappa shape index (κ2) is 10.7. The summed E-state index contributed by atoms with van der Waals surface area (Å²) < 4.78 is 0. The Labute approximate surface area is 200 Å². The molecule has 0 aliphatic rings. The molecular weight excluding hydrogens is 450 g/mol. The summed E-state index contributed by atoms with van der Waals surface area (Å²) in [5, 5.41) is 15.0. The van der Waals surface area contributed by atoms with Gasteiger partial charge in [0.2, 0.25) is 11.8 Å². The normalized spacial score (nSPS) is 11.6. The molecule has 4 aromatic rings. The molecule has 1 unspecified atom stereocenters. The number of amides is 2. The van der Waals surface area contributed by atoms with Crippen LogP contribution in [0.25, 0.3) is 10.9 Å². The molecule has 34 heavy (non-hydrogen) atoms. The lowest BCUT2D eigenvalue weighted by Crippen LogP contribution is -2.19. The van der Waals surface area contributed by atoms with E-state index in [9.17, 15) is 14.4 Å². The van der Waals surface area contributed by atoms with Gasteiger partial charge in [0.05, 0.1) is 6.42 Å². The van der Waals surface area contributed by atoms with Crippen molar-refractivity contribution in [1.29, 1.82) is 0 Å². The summed E-state index contributed by atoms with van der Waals surface area (Å²) >= 11 is 1.37. The van der Waals surface area contributed by atoms with E-state index >= 15 is 0 Å². The van der Waals surface area contributed by atoms with Crippen molar-refractivity contribution in [2.75, 3.05) is 10.6 Å². The number of rotatable bonds is 9. The van der Waals surface area contributed by atoms with Gasteiger partial charge in [-0.05, 0) is 47.3 Å². The summed E-state index contributed by atoms with van der Waals surface area (Å²) in [4.78, 5) is 40.0. The van der Waals surface area contributed by atoms with Crippen LogP contribution in [0.1, 0.15) is 23.7 Å². The van der Waals surface area contributed by atoms with E-state index in [1.807, 2.05) is 66.9 Å². The van der Waals surface area contributed by atoms with Crippen molar-refractivity contribution in [3.05, 3.63) is 90.6 Å². The minimum Gasteiger partial charge on any atom is -0.481 e. The maximum Gasteiger partial charge on any atom is 0.303 e. The lowest BCUT2D eigenvalue weighted by molar-refractivity contribution is -0.138. The number of hydrogen-bond acceptors (Lipinski definition) is 4. The molecular formula is C26H23N3O4S. The summed E-state index contributed by atoms with van der Waals surface area (Å²) in [5.41, 5.74) is 3.03. The maximum absolute atomic E-state index is 13.3. The number of hydrogen-bond donors (Lipinski definition) is 4. The van der Waals surface area contributed by atoms with Crippen LogP contribution >= 0.6 is 11.8 Å². The molecule has 1 aromatic heterocycles. The van der Waals surface area contributed by atoms with Gasteiger partial charge >= 0.3 is 5.97 Å². The lowest BCUT2D eigenvalue weighted by Gasteiger charge is -2.18. The Bertz CT molecular complexity index is 1320. The predicted molar refractivity (Wildman–Crippen MR) is 134 cm³/mol. The molecule has 0 aliphatic heterocycles. The Morgan fingerprint density at radius 2 is 1.65 bits per heavy atom. The number of anilines is 2. The van der Waals surface area contributed by atoms with Crippen molar-refractivity contribution >= 4 is 51.8 Å². The van der Waals surface area contributed by atoms with E-state index < -0.39 is 11.2 Å². The smallest absolute Gasteiger partial charge is 0.303 e. The molecule has 0 saturated carbocycles. The summed E-state index contributed by atoms with van der Waals surface area (Å²) in [7, 11) is 0. The number of thioether (sulfide) groups is 1. The van der Waals surface area contributed by atoms with Crippen LogP contribution in [0, 0.1) is 0 Å². The van der Waals surface area contributed by atoms with Gasteiger partial charge in [-0.1, -0.05) is 42.5 Å². The number of fused-ring (bicyclic) bond motifs is 1. The van der Waals surface area contributed by atoms with Crippen LogP contribution in [0.3, 0.4) is 0 Å². The van der Waals surface area contributed by atoms with Crippen molar-refractivity contribution in [2.24, 2.45) is 0 Å². The van der Waals surface area contributed by atoms with Gasteiger partial charge in [-0.2, -0.15) is 0 Å². The van der Waals surface area contributed by atoms with Crippen LogP contribution in [0.4, 0.5) is 11.4 Å². The van der Waals surface area contributed by atoms with Crippen molar-refractivity contribution in [3.8, 4) is 0 Å². The van der Waals surface area contributed by atoms with Crippen molar-refractivity contribution in [1.82, 2.24) is 4.98 Å². The molecule has 1 atom stereocenters. The van der Waals surface area contributed by atoms with E-state index in [-0.39, 0.29) is 24.7 Å². The molecule has 0 saturated heterocycles. The highest BCUT2D eigenvalue weighted by atomic mass is 32.2. The Morgan fingerprint density at radius 1 is 0.853 bits per heavy atom. The van der Waals surface area contributed by atoms with E-state index in [2.05, 4.69) is 15.6 Å². The van der Waals surface area contributed by atoms with Crippen LogP contribution in [0.2, 0.25) is 0 Å². The molecule has 0 aliphatic carbocycles. The molecule has 4 rings (SSSR count). The summed E-state index contributed by atoms with van der Waals surface area (Å²) in [6.07, 6.45) is 1.52. The number of carbonyl (C=O) groups excluding carboxylic acids is 2. The van der Waals surface area contributed by atoms with Gasteiger partial charge in [-0.3, -0.25) is 14.4 Å². The van der Waals surface area contributed by atoms with Crippen molar-refractivity contribution in [2.45, 2.75) is 23.0 Å². The number of carboxylic acid groups (broad SMARTS) is 1. The summed E-state index contributed by atoms with van der Waals surface area (Å²) in [6.45, 7) is 0. The van der Waals surface area contributed by atoms with Gasteiger partial charge < -0.3 is 20.7 Å². The van der Waals surface area contributed by atoms with Crippen LogP contribution in [0.5, 0.6) is 0 Å². The first-order chi connectivity index (χ1) is 16.5. The number of benzene rings is 3. The van der Waals surface area contributed by atoms with E-state index in [1.165, 1.54) is 11.8 Å². The molecule has 0 fully saturated rings. The fourth-order valence-corrected chi connectivity index (χ4v) is 4.54. The minimum atomic E-state index is -1.02. The molecule has 3 aromatic carbocycles. The van der Waals surface area contributed by atoms with Crippen LogP contribution < -0.4 is 10.6 Å². The number of aromatic nitrogens is 1. The highest BCUT2D eigenvalue weighted by molar-refractivity contribution is 8.00. The molecule has 4 N–H and O–H groups in total. The fourth-order valence-electron chi connectivity index (χ4n) is 3.46. The molecule has 2 amide bonds. The Morgan fingerprint density at radius 3 is 2.44 bits per heavy atom. The number of H-pyrrole nitrogens is 1. The number of nitrogens with one attached hydrogen (secondary N) is 3. The zero-order chi connectivity index (χ0) is 23.9. The van der Waals surface area contributed by atoms with E-state index in [1.54, 1.807) is 18.2 Å². The topological polar surface area (TPSA) is 111 Å². The number of carboxylic acids is 1. The van der Waals surface area contributed by atoms with Gasteiger partial charge in [-0.25, -0.2) is 0 Å². The SMILES string of the molecule is O=C(O)CCC(=O)Nc1cccc(SC(C(=O)Nc2ccc3cc[nH]c3c2)c2ccccc2)c1.